The maximum Gasteiger partial charge on any atom is 0.353 e. The van der Waals surface area contributed by atoms with Gasteiger partial charge in [0.2, 0.25) is 5.91 Å². The van der Waals surface area contributed by atoms with Crippen molar-refractivity contribution in [2.45, 2.75) is 23.0 Å². The molecule has 2 aliphatic heterocycles. The SMILES string of the molecule is C[C@H](O)[C@@H]1C(=O)N2C(C(=O)O)=C(SC=CCN)C(I)[C@@H]12. The average molecular weight is 410 g/mol. The van der Waals surface area contributed by atoms with Crippen molar-refractivity contribution in [2.75, 3.05) is 6.54 Å². The van der Waals surface area contributed by atoms with Crippen LogP contribution in [0.2, 0.25) is 0 Å². The van der Waals surface area contributed by atoms with E-state index in [9.17, 15) is 19.8 Å². The van der Waals surface area contributed by atoms with Gasteiger partial charge in [0.15, 0.2) is 0 Å². The largest absolute Gasteiger partial charge is 0.477 e. The summed E-state index contributed by atoms with van der Waals surface area (Å²) in [6.45, 7) is 1.93. The quantitative estimate of drug-likeness (QED) is 0.347. The molecule has 20 heavy (non-hydrogen) atoms. The molecule has 1 saturated heterocycles. The Morgan fingerprint density at radius 2 is 2.30 bits per heavy atom. The number of aliphatic hydroxyl groups is 1. The zero-order valence-corrected chi connectivity index (χ0v) is 13.7. The fourth-order valence-electron chi connectivity index (χ4n) is 2.51. The van der Waals surface area contributed by atoms with Gasteiger partial charge in [0.05, 0.1) is 22.0 Å². The van der Waals surface area contributed by atoms with Crippen molar-refractivity contribution in [3.8, 4) is 0 Å². The molecule has 0 aromatic carbocycles. The predicted molar refractivity (Wildman–Crippen MR) is 84.1 cm³/mol. The summed E-state index contributed by atoms with van der Waals surface area (Å²) < 4.78 is -0.136. The fourth-order valence-corrected chi connectivity index (χ4v) is 4.93. The summed E-state index contributed by atoms with van der Waals surface area (Å²) in [6, 6.07) is -0.275. The number of carbonyl (C=O) groups is 2. The lowest BCUT2D eigenvalue weighted by molar-refractivity contribution is -0.160. The number of halogens is 1. The van der Waals surface area contributed by atoms with Gasteiger partial charge in [-0.05, 0) is 12.3 Å². The van der Waals surface area contributed by atoms with Crippen LogP contribution < -0.4 is 5.73 Å². The van der Waals surface area contributed by atoms with Gasteiger partial charge in [-0.25, -0.2) is 4.79 Å². The van der Waals surface area contributed by atoms with Crippen LogP contribution in [0.3, 0.4) is 0 Å². The van der Waals surface area contributed by atoms with Crippen molar-refractivity contribution >= 4 is 46.2 Å². The predicted octanol–water partition coefficient (Wildman–Crippen LogP) is 0.513. The number of rotatable bonds is 5. The third kappa shape index (κ3) is 2.38. The first kappa shape index (κ1) is 15.8. The second kappa shape index (κ2) is 6.04. The van der Waals surface area contributed by atoms with E-state index in [0.717, 1.165) is 0 Å². The highest BCUT2D eigenvalue weighted by Gasteiger charge is 2.60. The Kier molecular flexibility index (Phi) is 4.77. The lowest BCUT2D eigenvalue weighted by Crippen LogP contribution is -2.64. The minimum Gasteiger partial charge on any atom is -0.477 e. The Morgan fingerprint density at radius 3 is 2.80 bits per heavy atom. The third-order valence-electron chi connectivity index (χ3n) is 3.36. The van der Waals surface area contributed by atoms with Crippen molar-refractivity contribution in [2.24, 2.45) is 11.7 Å². The van der Waals surface area contributed by atoms with E-state index >= 15 is 0 Å². The molecular formula is C12H15IN2O4S. The summed E-state index contributed by atoms with van der Waals surface area (Å²) in [4.78, 5) is 25.4. The normalized spacial score (nSPS) is 30.7. The molecule has 1 fully saturated rings. The Balaban J connectivity index is 2.32. The molecule has 0 aromatic heterocycles. The van der Waals surface area contributed by atoms with Gasteiger partial charge >= 0.3 is 5.97 Å². The summed E-state index contributed by atoms with van der Waals surface area (Å²) in [5.41, 5.74) is 5.39. The molecular weight excluding hydrogens is 395 g/mol. The van der Waals surface area contributed by atoms with Crippen LogP contribution >= 0.6 is 34.4 Å². The van der Waals surface area contributed by atoms with Crippen molar-refractivity contribution in [1.29, 1.82) is 0 Å². The number of aliphatic hydroxyl groups excluding tert-OH is 1. The van der Waals surface area contributed by atoms with Crippen molar-refractivity contribution < 1.29 is 19.8 Å². The lowest BCUT2D eigenvalue weighted by Gasteiger charge is -2.45. The number of carboxylic acids is 1. The standard InChI is InChI=1S/C12H15IN2O4S/c1-5(16)6-8-7(13)10(20-4-2-3-14)9(12(18)19)15(8)11(6)17/h2,4-8,16H,3,14H2,1H3,(H,18,19)/t5-,6-,7?,8+/m0/s1. The summed E-state index contributed by atoms with van der Waals surface area (Å²) in [7, 11) is 0. The van der Waals surface area contributed by atoms with E-state index in [2.05, 4.69) is 22.6 Å². The summed E-state index contributed by atoms with van der Waals surface area (Å²) in [6.07, 6.45) is 0.948. The molecule has 0 aromatic rings. The molecule has 0 aliphatic carbocycles. The van der Waals surface area contributed by atoms with Gasteiger partial charge in [-0.15, -0.1) is 0 Å². The van der Waals surface area contributed by atoms with Crippen LogP contribution in [-0.4, -0.2) is 49.6 Å². The highest BCUT2D eigenvalue weighted by atomic mass is 127. The molecule has 0 saturated carbocycles. The number of hydrogen-bond donors (Lipinski definition) is 3. The number of alkyl halides is 1. The van der Waals surface area contributed by atoms with Crippen molar-refractivity contribution in [3.05, 3.63) is 22.1 Å². The second-order valence-corrected chi connectivity index (χ2v) is 6.90. The molecule has 2 rings (SSSR count). The highest BCUT2D eigenvalue weighted by molar-refractivity contribution is 14.1. The van der Waals surface area contributed by atoms with E-state index in [1.165, 1.54) is 16.7 Å². The monoisotopic (exact) mass is 410 g/mol. The zero-order valence-electron chi connectivity index (χ0n) is 10.7. The zero-order chi connectivity index (χ0) is 15.0. The number of aliphatic carboxylic acids is 1. The van der Waals surface area contributed by atoms with Gasteiger partial charge in [-0.2, -0.15) is 0 Å². The molecule has 4 N–H and O–H groups in total. The van der Waals surface area contributed by atoms with E-state index < -0.39 is 18.0 Å². The number of nitrogens with two attached hydrogens (primary N) is 1. The summed E-state index contributed by atoms with van der Waals surface area (Å²) in [5, 5.41) is 20.8. The molecule has 0 bridgehead atoms. The number of carbonyl (C=O) groups excluding carboxylic acids is 1. The fraction of sp³-hybridized carbons (Fsp3) is 0.500. The molecule has 2 aliphatic rings. The van der Waals surface area contributed by atoms with Crippen LogP contribution in [0.5, 0.6) is 0 Å². The summed E-state index contributed by atoms with van der Waals surface area (Å²) >= 11 is 3.40. The number of fused-ring (bicyclic) bond motifs is 1. The molecule has 0 radical (unpaired) electrons. The van der Waals surface area contributed by atoms with Crippen LogP contribution in [0.4, 0.5) is 0 Å². The van der Waals surface area contributed by atoms with E-state index in [0.29, 0.717) is 11.4 Å². The number of amides is 1. The number of thioether (sulfide) groups is 1. The van der Waals surface area contributed by atoms with Gasteiger partial charge in [0.1, 0.15) is 5.70 Å². The lowest BCUT2D eigenvalue weighted by atomic mass is 9.83. The van der Waals surface area contributed by atoms with Crippen LogP contribution in [0, 0.1) is 5.92 Å². The van der Waals surface area contributed by atoms with Crippen molar-refractivity contribution in [3.63, 3.8) is 0 Å². The van der Waals surface area contributed by atoms with E-state index in [1.807, 2.05) is 0 Å². The second-order valence-electron chi connectivity index (χ2n) is 4.61. The first-order chi connectivity index (χ1) is 9.41. The van der Waals surface area contributed by atoms with E-state index in [1.54, 1.807) is 18.4 Å². The average Bonchev–Trinajstić information content (AvgIpc) is 2.60. The Labute approximate surface area is 134 Å². The summed E-state index contributed by atoms with van der Waals surface area (Å²) in [5.74, 6) is -1.96. The molecule has 0 spiro atoms. The van der Waals surface area contributed by atoms with Crippen LogP contribution in [0.1, 0.15) is 6.92 Å². The Bertz CT molecular complexity index is 506. The minimum absolute atomic E-state index is 0.0305. The molecule has 110 valence electrons. The molecule has 2 heterocycles. The first-order valence-corrected chi connectivity index (χ1v) is 8.18. The first-order valence-electron chi connectivity index (χ1n) is 6.06. The van der Waals surface area contributed by atoms with Gasteiger partial charge in [0, 0.05) is 11.4 Å². The molecule has 1 amide bonds. The molecule has 1 unspecified atom stereocenters. The Morgan fingerprint density at radius 1 is 1.65 bits per heavy atom. The van der Waals surface area contributed by atoms with Gasteiger partial charge < -0.3 is 15.9 Å². The van der Waals surface area contributed by atoms with Gasteiger partial charge in [-0.3, -0.25) is 9.69 Å². The molecule has 8 heteroatoms. The highest BCUT2D eigenvalue weighted by Crippen LogP contribution is 2.50. The number of carboxylic acid groups (broad SMARTS) is 1. The van der Waals surface area contributed by atoms with Gasteiger partial charge in [0.25, 0.3) is 0 Å². The van der Waals surface area contributed by atoms with Crippen LogP contribution in [-0.2, 0) is 9.59 Å². The number of nitrogens with zero attached hydrogens (tertiary/aromatic N) is 1. The number of β-lactam (4-membered cyclic amide) rings is 1. The number of hydrogen-bond acceptors (Lipinski definition) is 5. The minimum atomic E-state index is -1.12. The maximum atomic E-state index is 12.0. The van der Waals surface area contributed by atoms with Crippen LogP contribution in [0.15, 0.2) is 22.1 Å². The molecule has 4 atom stereocenters. The van der Waals surface area contributed by atoms with E-state index in [-0.39, 0.29) is 21.6 Å². The topological polar surface area (TPSA) is 104 Å². The van der Waals surface area contributed by atoms with E-state index in [4.69, 9.17) is 5.73 Å². The third-order valence-corrected chi connectivity index (χ3v) is 6.17. The van der Waals surface area contributed by atoms with Crippen LogP contribution in [0.25, 0.3) is 0 Å². The van der Waals surface area contributed by atoms with Gasteiger partial charge in [-0.1, -0.05) is 40.4 Å². The smallest absolute Gasteiger partial charge is 0.353 e. The Hall–Kier alpha value is -0.580. The molecule has 6 nitrogen and oxygen atoms in total. The van der Waals surface area contributed by atoms with Crippen molar-refractivity contribution in [1.82, 2.24) is 4.90 Å². The maximum absolute atomic E-state index is 12.0.